The lowest BCUT2D eigenvalue weighted by molar-refractivity contribution is -0.137. The van der Waals surface area contributed by atoms with Gasteiger partial charge in [0.15, 0.2) is 5.78 Å². The van der Waals surface area contributed by atoms with Crippen LogP contribution in [0.2, 0.25) is 0 Å². The molecule has 2 nitrogen and oxygen atoms in total. The topological polar surface area (TPSA) is 30.0 Å². The van der Waals surface area contributed by atoms with Crippen molar-refractivity contribution in [1.29, 1.82) is 0 Å². The zero-order valence-electron chi connectivity index (χ0n) is 10.3. The Hall–Kier alpha value is -1.44. The highest BCUT2D eigenvalue weighted by atomic mass is 127. The van der Waals surface area contributed by atoms with Gasteiger partial charge in [0.05, 0.1) is 11.1 Å². The Balaban J connectivity index is 2.58. The third-order valence-corrected chi connectivity index (χ3v) is 4.24. The van der Waals surface area contributed by atoms with Crippen LogP contribution in [0.25, 0.3) is 0 Å². The number of aromatic nitrogens is 1. The summed E-state index contributed by atoms with van der Waals surface area (Å²) >= 11 is 1.96. The van der Waals surface area contributed by atoms with Gasteiger partial charge in [-0.05, 0) is 47.2 Å². The van der Waals surface area contributed by atoms with E-state index in [2.05, 4.69) is 4.98 Å². The van der Waals surface area contributed by atoms with Gasteiger partial charge in [-0.1, -0.05) is 12.1 Å². The Morgan fingerprint density at radius 2 is 1.90 bits per heavy atom. The molecule has 0 atom stereocenters. The molecule has 0 radical (unpaired) electrons. The van der Waals surface area contributed by atoms with Crippen LogP contribution in [0.4, 0.5) is 13.2 Å². The molecule has 20 heavy (non-hydrogen) atoms. The lowest BCUT2D eigenvalue weighted by Crippen LogP contribution is -2.15. The van der Waals surface area contributed by atoms with E-state index < -0.39 is 23.1 Å². The van der Waals surface area contributed by atoms with Crippen LogP contribution in [0.15, 0.2) is 36.7 Å². The smallest absolute Gasteiger partial charge is 0.288 e. The Bertz CT molecular complexity index is 668. The van der Waals surface area contributed by atoms with Crippen LogP contribution in [0.1, 0.15) is 27.0 Å². The molecule has 0 amide bonds. The van der Waals surface area contributed by atoms with E-state index in [1.54, 1.807) is 19.1 Å². The summed E-state index contributed by atoms with van der Waals surface area (Å²) in [6, 6.07) is 5.78. The number of hydrogen-bond donors (Lipinski definition) is 0. The zero-order valence-corrected chi connectivity index (χ0v) is 12.5. The first-order chi connectivity index (χ1) is 9.32. The molecule has 2 rings (SSSR count). The summed E-state index contributed by atoms with van der Waals surface area (Å²) in [6.07, 6.45) is -2.59. The van der Waals surface area contributed by atoms with Crippen molar-refractivity contribution in [2.75, 3.05) is 0 Å². The minimum Gasteiger partial charge on any atom is -0.288 e. The van der Waals surface area contributed by atoms with E-state index in [-0.39, 0.29) is 5.56 Å². The monoisotopic (exact) mass is 391 g/mol. The lowest BCUT2D eigenvalue weighted by atomic mass is 9.99. The first kappa shape index (κ1) is 15.0. The van der Waals surface area contributed by atoms with E-state index in [0.29, 0.717) is 3.57 Å². The minimum atomic E-state index is -4.58. The van der Waals surface area contributed by atoms with E-state index in [1.165, 1.54) is 6.07 Å². The second kappa shape index (κ2) is 5.51. The first-order valence-corrected chi connectivity index (χ1v) is 6.71. The fraction of sp³-hybridized carbons (Fsp3) is 0.143. The molecule has 1 aromatic heterocycles. The molecule has 0 saturated heterocycles. The number of rotatable bonds is 2. The molecule has 6 heteroatoms. The van der Waals surface area contributed by atoms with Crippen molar-refractivity contribution in [2.24, 2.45) is 0 Å². The average molecular weight is 391 g/mol. The number of ketones is 1. The van der Waals surface area contributed by atoms with Crippen molar-refractivity contribution in [3.8, 4) is 0 Å². The van der Waals surface area contributed by atoms with E-state index in [4.69, 9.17) is 0 Å². The molecule has 0 aliphatic carbocycles. The highest BCUT2D eigenvalue weighted by Crippen LogP contribution is 2.33. The largest absolute Gasteiger partial charge is 0.417 e. The standard InChI is InChI=1S/C14H9F3INO/c1-8-3-2-4-9(12(8)18)13(20)10-7-19-6-5-11(10)14(15,16)17/h2-7H,1H3. The van der Waals surface area contributed by atoms with Gasteiger partial charge in [0.25, 0.3) is 0 Å². The molecule has 0 saturated carbocycles. The van der Waals surface area contributed by atoms with Crippen LogP contribution in [0.5, 0.6) is 0 Å². The van der Waals surface area contributed by atoms with Crippen molar-refractivity contribution in [2.45, 2.75) is 13.1 Å². The molecular formula is C14H9F3INO. The highest BCUT2D eigenvalue weighted by Gasteiger charge is 2.35. The average Bonchev–Trinajstić information content (AvgIpc) is 2.40. The van der Waals surface area contributed by atoms with Gasteiger partial charge in [-0.15, -0.1) is 0 Å². The molecular weight excluding hydrogens is 382 g/mol. The number of hydrogen-bond acceptors (Lipinski definition) is 2. The molecule has 0 spiro atoms. The van der Waals surface area contributed by atoms with Gasteiger partial charge < -0.3 is 0 Å². The number of carbonyl (C=O) groups is 1. The van der Waals surface area contributed by atoms with Gasteiger partial charge in [0.1, 0.15) is 0 Å². The van der Waals surface area contributed by atoms with Crippen molar-refractivity contribution < 1.29 is 18.0 Å². The minimum absolute atomic E-state index is 0.254. The van der Waals surface area contributed by atoms with Crippen LogP contribution < -0.4 is 0 Å². The number of pyridine rings is 1. The number of halogens is 4. The van der Waals surface area contributed by atoms with E-state index in [0.717, 1.165) is 24.0 Å². The van der Waals surface area contributed by atoms with Crippen LogP contribution >= 0.6 is 22.6 Å². The number of nitrogens with zero attached hydrogens (tertiary/aromatic N) is 1. The van der Waals surface area contributed by atoms with E-state index in [1.807, 2.05) is 22.6 Å². The van der Waals surface area contributed by atoms with Gasteiger partial charge in [0, 0.05) is 21.5 Å². The third-order valence-electron chi connectivity index (χ3n) is 2.81. The summed E-state index contributed by atoms with van der Waals surface area (Å²) in [5.41, 5.74) is -0.295. The van der Waals surface area contributed by atoms with E-state index >= 15 is 0 Å². The number of alkyl halides is 3. The first-order valence-electron chi connectivity index (χ1n) is 5.63. The molecule has 0 unspecified atom stereocenters. The van der Waals surface area contributed by atoms with Crippen LogP contribution in [-0.2, 0) is 6.18 Å². The summed E-state index contributed by atoms with van der Waals surface area (Å²) in [4.78, 5) is 16.0. The molecule has 0 fully saturated rings. The number of carbonyl (C=O) groups excluding carboxylic acids is 1. The Labute approximate surface area is 127 Å². The molecule has 0 bridgehead atoms. The van der Waals surface area contributed by atoms with Crippen molar-refractivity contribution in [3.05, 3.63) is 62.5 Å². The maximum Gasteiger partial charge on any atom is 0.417 e. The predicted octanol–water partition coefficient (Wildman–Crippen LogP) is 4.24. The number of aryl methyl sites for hydroxylation is 1. The van der Waals surface area contributed by atoms with Crippen LogP contribution in [0, 0.1) is 10.5 Å². The fourth-order valence-corrected chi connectivity index (χ4v) is 2.39. The molecule has 1 heterocycles. The Morgan fingerprint density at radius 3 is 2.55 bits per heavy atom. The molecule has 0 aliphatic heterocycles. The van der Waals surface area contributed by atoms with Crippen molar-refractivity contribution >= 4 is 28.4 Å². The maximum atomic E-state index is 12.9. The molecule has 0 aliphatic rings. The molecule has 2 aromatic rings. The highest BCUT2D eigenvalue weighted by molar-refractivity contribution is 14.1. The maximum absolute atomic E-state index is 12.9. The molecule has 104 valence electrons. The van der Waals surface area contributed by atoms with E-state index in [9.17, 15) is 18.0 Å². The second-order valence-electron chi connectivity index (χ2n) is 4.18. The van der Waals surface area contributed by atoms with Crippen LogP contribution in [-0.4, -0.2) is 10.8 Å². The summed E-state index contributed by atoms with van der Waals surface area (Å²) in [6.45, 7) is 1.80. The summed E-state index contributed by atoms with van der Waals surface area (Å²) < 4.78 is 39.4. The SMILES string of the molecule is Cc1cccc(C(=O)c2cnccc2C(F)(F)F)c1I. The number of benzene rings is 1. The quantitative estimate of drug-likeness (QED) is 0.566. The Kier molecular flexibility index (Phi) is 4.12. The molecule has 0 N–H and O–H groups in total. The summed E-state index contributed by atoms with van der Waals surface area (Å²) in [5.74, 6) is -0.668. The zero-order chi connectivity index (χ0) is 14.9. The van der Waals surface area contributed by atoms with Crippen molar-refractivity contribution in [3.63, 3.8) is 0 Å². The Morgan fingerprint density at radius 1 is 1.20 bits per heavy atom. The summed E-state index contributed by atoms with van der Waals surface area (Å²) in [7, 11) is 0. The normalized spacial score (nSPS) is 11.4. The van der Waals surface area contributed by atoms with Crippen molar-refractivity contribution in [1.82, 2.24) is 4.98 Å². The summed E-state index contributed by atoms with van der Waals surface area (Å²) in [5, 5.41) is 0. The predicted molar refractivity (Wildman–Crippen MR) is 76.6 cm³/mol. The van der Waals surface area contributed by atoms with Gasteiger partial charge in [-0.3, -0.25) is 9.78 Å². The van der Waals surface area contributed by atoms with Gasteiger partial charge in [-0.2, -0.15) is 13.2 Å². The fourth-order valence-electron chi connectivity index (χ4n) is 1.79. The van der Waals surface area contributed by atoms with Gasteiger partial charge in [0.2, 0.25) is 0 Å². The third kappa shape index (κ3) is 2.84. The van der Waals surface area contributed by atoms with Crippen LogP contribution in [0.3, 0.4) is 0 Å². The molecule has 1 aromatic carbocycles. The second-order valence-corrected chi connectivity index (χ2v) is 5.26. The lowest BCUT2D eigenvalue weighted by Gasteiger charge is -2.12. The van der Waals surface area contributed by atoms with Gasteiger partial charge >= 0.3 is 6.18 Å². The van der Waals surface area contributed by atoms with Gasteiger partial charge in [-0.25, -0.2) is 0 Å².